The van der Waals surface area contributed by atoms with E-state index in [-0.39, 0.29) is 5.41 Å². The zero-order chi connectivity index (χ0) is 24.0. The molecule has 3 saturated carbocycles. The van der Waals surface area contributed by atoms with Crippen molar-refractivity contribution in [2.75, 3.05) is 6.61 Å². The molecule has 0 heterocycles. The van der Waals surface area contributed by atoms with Gasteiger partial charge >= 0.3 is 10.4 Å². The summed E-state index contributed by atoms with van der Waals surface area (Å²) in [6.07, 6.45) is 14.3. The predicted molar refractivity (Wildman–Crippen MR) is 131 cm³/mol. The Morgan fingerprint density at radius 1 is 1.09 bits per heavy atom. The second-order valence-electron chi connectivity index (χ2n) is 12.6. The lowest BCUT2D eigenvalue weighted by Gasteiger charge is -2.58. The van der Waals surface area contributed by atoms with Crippen LogP contribution in [-0.2, 0) is 14.6 Å². The van der Waals surface area contributed by atoms with Gasteiger partial charge in [0.2, 0.25) is 0 Å². The monoisotopic (exact) mass is 482 g/mol. The van der Waals surface area contributed by atoms with E-state index in [1.807, 2.05) is 0 Å². The molecule has 6 heteroatoms. The zero-order valence-corrected chi connectivity index (χ0v) is 21.9. The lowest BCUT2D eigenvalue weighted by Crippen LogP contribution is -2.51. The Labute approximate surface area is 201 Å². The molecule has 4 aliphatic rings. The van der Waals surface area contributed by atoms with Crippen LogP contribution in [0.2, 0.25) is 0 Å². The molecule has 0 saturated heterocycles. The molecule has 33 heavy (non-hydrogen) atoms. The van der Waals surface area contributed by atoms with Crippen molar-refractivity contribution >= 4 is 10.4 Å². The van der Waals surface area contributed by atoms with Crippen LogP contribution in [0, 0.1) is 46.3 Å². The van der Waals surface area contributed by atoms with Crippen LogP contribution < -0.4 is 0 Å². The number of hydrogen-bond acceptors (Lipinski definition) is 4. The molecular formula is C27H46O5S. The van der Waals surface area contributed by atoms with Gasteiger partial charge < -0.3 is 5.11 Å². The summed E-state index contributed by atoms with van der Waals surface area (Å²) in [5.74, 6) is 4.19. The maximum Gasteiger partial charge on any atom is 0.397 e. The first-order valence-electron chi connectivity index (χ1n) is 13.4. The molecule has 9 atom stereocenters. The third kappa shape index (κ3) is 4.96. The van der Waals surface area contributed by atoms with Gasteiger partial charge in [-0.25, -0.2) is 4.18 Å². The molecule has 5 nitrogen and oxygen atoms in total. The van der Waals surface area contributed by atoms with E-state index in [0.717, 1.165) is 42.9 Å². The summed E-state index contributed by atoms with van der Waals surface area (Å²) in [6.45, 7) is 9.94. The molecule has 4 aliphatic carbocycles. The van der Waals surface area contributed by atoms with Gasteiger partial charge in [0.15, 0.2) is 0 Å². The molecular weight excluding hydrogens is 436 g/mol. The second kappa shape index (κ2) is 9.55. The van der Waals surface area contributed by atoms with Crippen molar-refractivity contribution < 1.29 is 22.3 Å². The van der Waals surface area contributed by atoms with Crippen LogP contribution in [0.3, 0.4) is 0 Å². The predicted octanol–water partition coefficient (Wildman–Crippen LogP) is 6.19. The number of aliphatic hydroxyl groups excluding tert-OH is 1. The van der Waals surface area contributed by atoms with Crippen molar-refractivity contribution in [2.24, 2.45) is 46.3 Å². The Morgan fingerprint density at radius 2 is 1.85 bits per heavy atom. The average Bonchev–Trinajstić information content (AvgIpc) is 3.10. The molecule has 0 amide bonds. The number of aliphatic hydroxyl groups is 1. The minimum absolute atomic E-state index is 0.146. The summed E-state index contributed by atoms with van der Waals surface area (Å²) in [7, 11) is -4.39. The molecule has 0 bridgehead atoms. The van der Waals surface area contributed by atoms with Gasteiger partial charge in [0.1, 0.15) is 0 Å². The molecule has 4 rings (SSSR count). The van der Waals surface area contributed by atoms with Gasteiger partial charge in [0.05, 0.1) is 6.10 Å². The molecule has 3 fully saturated rings. The van der Waals surface area contributed by atoms with E-state index in [9.17, 15) is 13.5 Å². The van der Waals surface area contributed by atoms with Crippen LogP contribution in [0.4, 0.5) is 0 Å². The van der Waals surface area contributed by atoms with Crippen molar-refractivity contribution in [3.63, 3.8) is 0 Å². The Bertz CT molecular complexity index is 837. The summed E-state index contributed by atoms with van der Waals surface area (Å²) >= 11 is 0. The highest BCUT2D eigenvalue weighted by Gasteiger charge is 2.59. The second-order valence-corrected chi connectivity index (χ2v) is 13.6. The third-order valence-electron chi connectivity index (χ3n) is 10.7. The molecule has 2 N–H and O–H groups in total. The highest BCUT2D eigenvalue weighted by atomic mass is 32.3. The Morgan fingerprint density at radius 3 is 2.55 bits per heavy atom. The molecule has 0 aliphatic heterocycles. The van der Waals surface area contributed by atoms with Gasteiger partial charge in [-0.1, -0.05) is 52.2 Å². The van der Waals surface area contributed by atoms with Crippen LogP contribution in [0.1, 0.15) is 98.3 Å². The topological polar surface area (TPSA) is 83.8 Å². The van der Waals surface area contributed by atoms with Gasteiger partial charge in [-0.2, -0.15) is 8.42 Å². The minimum Gasteiger partial charge on any atom is -0.396 e. The van der Waals surface area contributed by atoms with Crippen LogP contribution in [-0.4, -0.2) is 30.8 Å². The Balaban J connectivity index is 1.45. The quantitative estimate of drug-likeness (QED) is 0.318. The highest BCUT2D eigenvalue weighted by Crippen LogP contribution is 2.67. The standard InChI is InChI=1S/C27H46O5S/c1-18(17-28)6-5-7-19(2)23-10-11-24-22-9-8-20-16-21(32-33(29,30)31)12-14-26(20,3)25(22)13-15-27(23,24)4/h8,18-19,21-25,28H,5-7,9-17H2,1-4H3,(H,29,30,31)/t18?,19-,21+,22+,23-,24+,25+,26+,27-/m1/s1. The summed E-state index contributed by atoms with van der Waals surface area (Å²) < 4.78 is 36.6. The fourth-order valence-corrected chi connectivity index (χ4v) is 9.45. The normalized spacial score (nSPS) is 42.6. The lowest BCUT2D eigenvalue weighted by atomic mass is 9.47. The largest absolute Gasteiger partial charge is 0.397 e. The highest BCUT2D eigenvalue weighted by molar-refractivity contribution is 7.80. The number of fused-ring (bicyclic) bond motifs is 5. The first-order chi connectivity index (χ1) is 15.5. The molecule has 0 spiro atoms. The van der Waals surface area contributed by atoms with Crippen LogP contribution in [0.25, 0.3) is 0 Å². The average molecular weight is 483 g/mol. The number of hydrogen-bond donors (Lipinski definition) is 2. The van der Waals surface area contributed by atoms with Gasteiger partial charge in [0.25, 0.3) is 0 Å². The summed E-state index contributed by atoms with van der Waals surface area (Å²) in [5.41, 5.74) is 1.96. The van der Waals surface area contributed by atoms with Crippen molar-refractivity contribution in [2.45, 2.75) is 104 Å². The van der Waals surface area contributed by atoms with Gasteiger partial charge in [-0.15, -0.1) is 0 Å². The first kappa shape index (κ1) is 25.7. The van der Waals surface area contributed by atoms with Gasteiger partial charge in [-0.05, 0) is 104 Å². The summed E-state index contributed by atoms with van der Waals surface area (Å²) in [5, 5.41) is 9.33. The molecule has 190 valence electrons. The van der Waals surface area contributed by atoms with Gasteiger partial charge in [-0.3, -0.25) is 4.55 Å². The van der Waals surface area contributed by atoms with Crippen LogP contribution in [0.15, 0.2) is 11.6 Å². The third-order valence-corrected chi connectivity index (χ3v) is 11.3. The van der Waals surface area contributed by atoms with E-state index in [1.165, 1.54) is 44.1 Å². The lowest BCUT2D eigenvalue weighted by molar-refractivity contribution is -0.0560. The minimum atomic E-state index is -4.39. The zero-order valence-electron chi connectivity index (χ0n) is 21.1. The van der Waals surface area contributed by atoms with E-state index in [1.54, 1.807) is 0 Å². The van der Waals surface area contributed by atoms with Crippen molar-refractivity contribution in [1.29, 1.82) is 0 Å². The van der Waals surface area contributed by atoms with E-state index in [4.69, 9.17) is 8.74 Å². The first-order valence-corrected chi connectivity index (χ1v) is 14.8. The smallest absolute Gasteiger partial charge is 0.396 e. The maximum atomic E-state index is 11.2. The summed E-state index contributed by atoms with van der Waals surface area (Å²) in [6, 6.07) is 0. The van der Waals surface area contributed by atoms with Crippen molar-refractivity contribution in [3.8, 4) is 0 Å². The van der Waals surface area contributed by atoms with Crippen molar-refractivity contribution in [3.05, 3.63) is 11.6 Å². The number of allylic oxidation sites excluding steroid dienone is 1. The Hall–Kier alpha value is -0.430. The number of rotatable bonds is 8. The van der Waals surface area contributed by atoms with Gasteiger partial charge in [0, 0.05) is 6.61 Å². The van der Waals surface area contributed by atoms with Crippen LogP contribution in [0.5, 0.6) is 0 Å². The maximum absolute atomic E-state index is 11.2. The molecule has 1 unspecified atom stereocenters. The molecule has 0 aromatic rings. The van der Waals surface area contributed by atoms with E-state index in [2.05, 4.69) is 33.8 Å². The SMILES string of the molecule is CC(CO)CCC[C@@H](C)[C@H]1CC[C@H]2[C@@H]3CC=C4C[C@@H](OS(=O)(=O)O)CC[C@]4(C)[C@H]3CC[C@]12C. The molecule has 0 radical (unpaired) electrons. The fraction of sp³-hybridized carbons (Fsp3) is 0.926. The fourth-order valence-electron chi connectivity index (χ4n) is 8.94. The van der Waals surface area contributed by atoms with Crippen LogP contribution >= 0.6 is 0 Å². The summed E-state index contributed by atoms with van der Waals surface area (Å²) in [4.78, 5) is 0. The molecule has 0 aromatic heterocycles. The van der Waals surface area contributed by atoms with Crippen molar-refractivity contribution in [1.82, 2.24) is 0 Å². The van der Waals surface area contributed by atoms with E-state index in [0.29, 0.717) is 36.7 Å². The van der Waals surface area contributed by atoms with E-state index >= 15 is 0 Å². The molecule has 0 aromatic carbocycles. The Kier molecular flexibility index (Phi) is 7.43. The van der Waals surface area contributed by atoms with E-state index < -0.39 is 16.5 Å².